The van der Waals surface area contributed by atoms with E-state index in [-0.39, 0.29) is 24.0 Å². The standard InChI is InChI=1S/C17H20N4O3S/c22-17(19-14-15-5-4-8-18-13-15)20-9-11-21(12-10-20)25(23,24)16-6-2-1-3-7-16/h1-8,13H,9-12,14H2,(H,19,22). The van der Waals surface area contributed by atoms with Gasteiger partial charge in [-0.05, 0) is 23.8 Å². The Hall–Kier alpha value is -2.45. The molecule has 0 atom stereocenters. The van der Waals surface area contributed by atoms with E-state index in [0.29, 0.717) is 19.6 Å². The number of nitrogens with one attached hydrogen (secondary N) is 1. The number of urea groups is 1. The third-order valence-electron chi connectivity index (χ3n) is 4.07. The predicted octanol–water partition coefficient (Wildman–Crippen LogP) is 1.30. The lowest BCUT2D eigenvalue weighted by molar-refractivity contribution is 0.172. The van der Waals surface area contributed by atoms with Crippen molar-refractivity contribution in [3.63, 3.8) is 0 Å². The van der Waals surface area contributed by atoms with Gasteiger partial charge in [-0.25, -0.2) is 13.2 Å². The number of sulfonamides is 1. The Morgan fingerprint density at radius 2 is 1.76 bits per heavy atom. The van der Waals surface area contributed by atoms with Crippen LogP contribution in [0.3, 0.4) is 0 Å². The number of amides is 2. The number of carbonyl (C=O) groups excluding carboxylic acids is 1. The first-order valence-corrected chi connectivity index (χ1v) is 9.48. The quantitative estimate of drug-likeness (QED) is 0.891. The maximum absolute atomic E-state index is 12.6. The van der Waals surface area contributed by atoms with Crippen molar-refractivity contribution in [2.45, 2.75) is 11.4 Å². The Kier molecular flexibility index (Phi) is 5.30. The summed E-state index contributed by atoms with van der Waals surface area (Å²) < 4.78 is 26.6. The molecule has 2 aromatic rings. The monoisotopic (exact) mass is 360 g/mol. The number of hydrogen-bond acceptors (Lipinski definition) is 4. The fourth-order valence-electron chi connectivity index (χ4n) is 2.67. The van der Waals surface area contributed by atoms with Gasteiger partial charge in [-0.15, -0.1) is 0 Å². The van der Waals surface area contributed by atoms with Crippen molar-refractivity contribution in [2.75, 3.05) is 26.2 Å². The molecule has 132 valence electrons. The van der Waals surface area contributed by atoms with Gasteiger partial charge in [0.05, 0.1) is 4.90 Å². The topological polar surface area (TPSA) is 82.6 Å². The Bertz CT molecular complexity index is 804. The summed E-state index contributed by atoms with van der Waals surface area (Å²) in [5, 5.41) is 2.83. The van der Waals surface area contributed by atoms with Crippen LogP contribution in [0.25, 0.3) is 0 Å². The molecule has 0 aliphatic carbocycles. The minimum atomic E-state index is -3.50. The average Bonchev–Trinajstić information content (AvgIpc) is 2.68. The lowest BCUT2D eigenvalue weighted by Gasteiger charge is -2.34. The largest absolute Gasteiger partial charge is 0.334 e. The van der Waals surface area contributed by atoms with Gasteiger partial charge >= 0.3 is 6.03 Å². The highest BCUT2D eigenvalue weighted by molar-refractivity contribution is 7.89. The second kappa shape index (κ2) is 7.62. The van der Waals surface area contributed by atoms with Crippen LogP contribution in [-0.4, -0.2) is 54.8 Å². The molecule has 0 spiro atoms. The van der Waals surface area contributed by atoms with E-state index in [1.54, 1.807) is 47.6 Å². The van der Waals surface area contributed by atoms with Crippen LogP contribution in [0, 0.1) is 0 Å². The summed E-state index contributed by atoms with van der Waals surface area (Å²) in [5.74, 6) is 0. The van der Waals surface area contributed by atoms with Crippen LogP contribution >= 0.6 is 0 Å². The van der Waals surface area contributed by atoms with Crippen LogP contribution in [0.4, 0.5) is 4.79 Å². The lowest BCUT2D eigenvalue weighted by atomic mass is 10.3. The molecule has 7 nitrogen and oxygen atoms in total. The number of benzene rings is 1. The normalized spacial score (nSPS) is 15.8. The molecule has 0 bridgehead atoms. The number of carbonyl (C=O) groups is 1. The van der Waals surface area contributed by atoms with E-state index < -0.39 is 10.0 Å². The van der Waals surface area contributed by atoms with Crippen LogP contribution in [0.2, 0.25) is 0 Å². The van der Waals surface area contributed by atoms with E-state index in [4.69, 9.17) is 0 Å². The Labute approximate surface area is 147 Å². The van der Waals surface area contributed by atoms with Gasteiger partial charge in [-0.3, -0.25) is 4.98 Å². The van der Waals surface area contributed by atoms with Crippen LogP contribution in [0.1, 0.15) is 5.56 Å². The number of pyridine rings is 1. The van der Waals surface area contributed by atoms with Crippen LogP contribution in [0.15, 0.2) is 59.8 Å². The molecule has 8 heteroatoms. The van der Waals surface area contributed by atoms with Gasteiger partial charge < -0.3 is 10.2 Å². The zero-order chi connectivity index (χ0) is 17.7. The van der Waals surface area contributed by atoms with Gasteiger partial charge in [0.25, 0.3) is 0 Å². The molecule has 1 N–H and O–H groups in total. The third-order valence-corrected chi connectivity index (χ3v) is 5.99. The summed E-state index contributed by atoms with van der Waals surface area (Å²) in [6, 6.07) is 11.9. The predicted molar refractivity (Wildman–Crippen MR) is 93.2 cm³/mol. The average molecular weight is 360 g/mol. The second-order valence-electron chi connectivity index (χ2n) is 5.72. The van der Waals surface area contributed by atoms with Gasteiger partial charge in [-0.2, -0.15) is 4.31 Å². The van der Waals surface area contributed by atoms with Crippen molar-refractivity contribution >= 4 is 16.1 Å². The van der Waals surface area contributed by atoms with Gasteiger partial charge in [0.2, 0.25) is 10.0 Å². The zero-order valence-corrected chi connectivity index (χ0v) is 14.5. The van der Waals surface area contributed by atoms with Crippen molar-refractivity contribution in [3.8, 4) is 0 Å². The molecular weight excluding hydrogens is 340 g/mol. The van der Waals surface area contributed by atoms with E-state index in [0.717, 1.165) is 5.56 Å². The molecule has 1 aromatic carbocycles. The van der Waals surface area contributed by atoms with Crippen molar-refractivity contribution in [1.29, 1.82) is 0 Å². The van der Waals surface area contributed by atoms with Gasteiger partial charge in [0.15, 0.2) is 0 Å². The molecule has 1 aliphatic rings. The highest BCUT2D eigenvalue weighted by Gasteiger charge is 2.29. The Morgan fingerprint density at radius 3 is 2.40 bits per heavy atom. The van der Waals surface area contributed by atoms with Crippen molar-refractivity contribution < 1.29 is 13.2 Å². The maximum Gasteiger partial charge on any atom is 0.317 e. The van der Waals surface area contributed by atoms with E-state index in [1.165, 1.54) is 4.31 Å². The Morgan fingerprint density at radius 1 is 1.04 bits per heavy atom. The van der Waals surface area contributed by atoms with E-state index in [2.05, 4.69) is 10.3 Å². The van der Waals surface area contributed by atoms with Crippen LogP contribution in [0.5, 0.6) is 0 Å². The molecule has 2 amide bonds. The summed E-state index contributed by atoms with van der Waals surface area (Å²) in [4.78, 5) is 18.1. The summed E-state index contributed by atoms with van der Waals surface area (Å²) in [5.41, 5.74) is 0.918. The fourth-order valence-corrected chi connectivity index (χ4v) is 4.11. The SMILES string of the molecule is O=C(NCc1cccnc1)N1CCN(S(=O)(=O)c2ccccc2)CC1. The number of aromatic nitrogens is 1. The molecule has 25 heavy (non-hydrogen) atoms. The molecule has 1 aromatic heterocycles. The molecule has 0 saturated carbocycles. The minimum Gasteiger partial charge on any atom is -0.334 e. The summed E-state index contributed by atoms with van der Waals surface area (Å²) in [7, 11) is -3.50. The second-order valence-corrected chi connectivity index (χ2v) is 7.66. The van der Waals surface area contributed by atoms with E-state index in [1.807, 2.05) is 12.1 Å². The lowest BCUT2D eigenvalue weighted by Crippen LogP contribution is -2.52. The summed E-state index contributed by atoms with van der Waals surface area (Å²) >= 11 is 0. The number of hydrogen-bond donors (Lipinski definition) is 1. The molecule has 3 rings (SSSR count). The molecule has 2 heterocycles. The first-order chi connectivity index (χ1) is 12.1. The number of rotatable bonds is 4. The highest BCUT2D eigenvalue weighted by Crippen LogP contribution is 2.17. The fraction of sp³-hybridized carbons (Fsp3) is 0.294. The summed E-state index contributed by atoms with van der Waals surface area (Å²) in [6.45, 7) is 1.71. The molecule has 1 fully saturated rings. The highest BCUT2D eigenvalue weighted by atomic mass is 32.2. The van der Waals surface area contributed by atoms with Crippen LogP contribution in [-0.2, 0) is 16.6 Å². The molecule has 0 unspecified atom stereocenters. The van der Waals surface area contributed by atoms with Crippen molar-refractivity contribution in [1.82, 2.24) is 19.5 Å². The van der Waals surface area contributed by atoms with Crippen LogP contribution < -0.4 is 5.32 Å². The molecule has 0 radical (unpaired) electrons. The molecule has 1 saturated heterocycles. The number of piperazine rings is 1. The van der Waals surface area contributed by atoms with Gasteiger partial charge in [0.1, 0.15) is 0 Å². The summed E-state index contributed by atoms with van der Waals surface area (Å²) in [6.07, 6.45) is 3.38. The third kappa shape index (κ3) is 4.15. The smallest absolute Gasteiger partial charge is 0.317 e. The molecular formula is C17H20N4O3S. The first-order valence-electron chi connectivity index (χ1n) is 8.04. The van der Waals surface area contributed by atoms with Crippen molar-refractivity contribution in [3.05, 3.63) is 60.4 Å². The molecule has 1 aliphatic heterocycles. The zero-order valence-electron chi connectivity index (χ0n) is 13.7. The van der Waals surface area contributed by atoms with E-state index in [9.17, 15) is 13.2 Å². The first kappa shape index (κ1) is 17.4. The maximum atomic E-state index is 12.6. The van der Waals surface area contributed by atoms with Gasteiger partial charge in [0, 0.05) is 45.1 Å². The van der Waals surface area contributed by atoms with E-state index >= 15 is 0 Å². The Balaban J connectivity index is 1.54. The van der Waals surface area contributed by atoms with Gasteiger partial charge in [-0.1, -0.05) is 24.3 Å². The van der Waals surface area contributed by atoms with Crippen molar-refractivity contribution in [2.24, 2.45) is 0 Å². The number of nitrogens with zero attached hydrogens (tertiary/aromatic N) is 3. The minimum absolute atomic E-state index is 0.194.